The third-order valence-electron chi connectivity index (χ3n) is 5.91. The summed E-state index contributed by atoms with van der Waals surface area (Å²) in [5.74, 6) is -2.18. The number of nitrogens with zero attached hydrogens (tertiary/aromatic N) is 5. The van der Waals surface area contributed by atoms with Gasteiger partial charge in [-0.25, -0.2) is 13.5 Å². The summed E-state index contributed by atoms with van der Waals surface area (Å²) in [5.41, 5.74) is 2.80. The predicted molar refractivity (Wildman–Crippen MR) is 138 cm³/mol. The van der Waals surface area contributed by atoms with Crippen LogP contribution < -0.4 is 5.32 Å². The standard InChI is InChI=1S/C26H19Cl2F2N7O/c1-14(16-8-11-20(29)21(30)12-16)31-26(38)24-18(13-23-32-35-36-33-23)25(15-6-9-17(27)10-7-15)37(34-24)22-5-3-2-4-19(22)28/h2-12,14H,13H2,1H3,(H,31,38)(H,32,33,35,36). The van der Waals surface area contributed by atoms with Gasteiger partial charge < -0.3 is 5.32 Å². The number of H-pyrrole nitrogens is 1. The lowest BCUT2D eigenvalue weighted by Gasteiger charge is -2.14. The summed E-state index contributed by atoms with van der Waals surface area (Å²) in [6.45, 7) is 1.66. The number of halogens is 4. The lowest BCUT2D eigenvalue weighted by atomic mass is 10.0. The molecule has 0 saturated heterocycles. The zero-order valence-corrected chi connectivity index (χ0v) is 21.3. The Kier molecular flexibility index (Phi) is 7.17. The van der Waals surface area contributed by atoms with E-state index in [1.807, 2.05) is 0 Å². The first-order valence-corrected chi connectivity index (χ1v) is 12.2. The number of carbonyl (C=O) groups is 1. The topological polar surface area (TPSA) is 101 Å². The molecule has 0 spiro atoms. The number of hydrogen-bond acceptors (Lipinski definition) is 5. The van der Waals surface area contributed by atoms with Gasteiger partial charge in [-0.15, -0.1) is 10.2 Å². The second-order valence-corrected chi connectivity index (χ2v) is 9.26. The number of benzene rings is 3. The first-order valence-electron chi connectivity index (χ1n) is 11.4. The van der Waals surface area contributed by atoms with Crippen LogP contribution in [-0.2, 0) is 6.42 Å². The van der Waals surface area contributed by atoms with Gasteiger partial charge in [0.25, 0.3) is 5.91 Å². The van der Waals surface area contributed by atoms with Crippen molar-refractivity contribution in [3.05, 3.63) is 111 Å². The predicted octanol–water partition coefficient (Wildman–Crippen LogP) is 5.72. The molecule has 2 heterocycles. The van der Waals surface area contributed by atoms with Gasteiger partial charge in [-0.05, 0) is 48.9 Å². The number of rotatable bonds is 7. The summed E-state index contributed by atoms with van der Waals surface area (Å²) in [7, 11) is 0. The van der Waals surface area contributed by atoms with Crippen molar-refractivity contribution in [1.82, 2.24) is 35.7 Å². The second-order valence-electron chi connectivity index (χ2n) is 8.42. The van der Waals surface area contributed by atoms with E-state index < -0.39 is 23.6 Å². The normalized spacial score (nSPS) is 11.9. The maximum absolute atomic E-state index is 13.8. The first-order chi connectivity index (χ1) is 18.3. The highest BCUT2D eigenvalue weighted by molar-refractivity contribution is 6.32. The van der Waals surface area contributed by atoms with Gasteiger partial charge in [0.1, 0.15) is 0 Å². The van der Waals surface area contributed by atoms with Crippen molar-refractivity contribution >= 4 is 29.1 Å². The molecule has 0 aliphatic rings. The molecule has 192 valence electrons. The molecule has 5 aromatic rings. The lowest BCUT2D eigenvalue weighted by Crippen LogP contribution is -2.28. The molecule has 12 heteroatoms. The maximum atomic E-state index is 13.8. The number of amides is 1. The van der Waals surface area contributed by atoms with Crippen LogP contribution in [0.1, 0.15) is 40.4 Å². The zero-order chi connectivity index (χ0) is 26.8. The summed E-state index contributed by atoms with van der Waals surface area (Å²) in [4.78, 5) is 13.6. The maximum Gasteiger partial charge on any atom is 0.272 e. The molecule has 5 rings (SSSR count). The zero-order valence-electron chi connectivity index (χ0n) is 19.8. The van der Waals surface area contributed by atoms with Crippen molar-refractivity contribution in [2.75, 3.05) is 0 Å². The number of aromatic amines is 1. The van der Waals surface area contributed by atoms with Crippen molar-refractivity contribution in [2.24, 2.45) is 0 Å². The van der Waals surface area contributed by atoms with Crippen LogP contribution in [0.2, 0.25) is 10.0 Å². The number of carbonyl (C=O) groups excluding carboxylic acids is 1. The Morgan fingerprint density at radius 1 is 1.05 bits per heavy atom. The second kappa shape index (κ2) is 10.7. The van der Waals surface area contributed by atoms with E-state index in [4.69, 9.17) is 23.2 Å². The van der Waals surface area contributed by atoms with Gasteiger partial charge in [-0.1, -0.05) is 58.7 Å². The van der Waals surface area contributed by atoms with E-state index in [0.717, 1.165) is 12.1 Å². The van der Waals surface area contributed by atoms with Gasteiger partial charge in [0.05, 0.1) is 22.4 Å². The highest BCUT2D eigenvalue weighted by Crippen LogP contribution is 2.34. The largest absolute Gasteiger partial charge is 0.344 e. The summed E-state index contributed by atoms with van der Waals surface area (Å²) in [6.07, 6.45) is 0.112. The fraction of sp³-hybridized carbons (Fsp3) is 0.115. The van der Waals surface area contributed by atoms with E-state index in [2.05, 4.69) is 31.0 Å². The molecule has 2 aromatic heterocycles. The number of para-hydroxylation sites is 1. The van der Waals surface area contributed by atoms with E-state index >= 15 is 0 Å². The van der Waals surface area contributed by atoms with Crippen molar-refractivity contribution in [3.8, 4) is 16.9 Å². The molecule has 1 amide bonds. The van der Waals surface area contributed by atoms with Crippen molar-refractivity contribution < 1.29 is 13.6 Å². The Morgan fingerprint density at radius 2 is 1.82 bits per heavy atom. The van der Waals surface area contributed by atoms with E-state index in [9.17, 15) is 13.6 Å². The number of nitrogens with one attached hydrogen (secondary N) is 2. The van der Waals surface area contributed by atoms with Crippen molar-refractivity contribution in [1.29, 1.82) is 0 Å². The average Bonchev–Trinajstić information content (AvgIpc) is 3.55. The smallest absolute Gasteiger partial charge is 0.272 e. The minimum Gasteiger partial charge on any atom is -0.344 e. The summed E-state index contributed by atoms with van der Waals surface area (Å²) < 4.78 is 28.8. The molecule has 1 atom stereocenters. The number of aromatic nitrogens is 6. The Hall–Kier alpha value is -4.15. The van der Waals surface area contributed by atoms with Crippen LogP contribution >= 0.6 is 23.2 Å². The molecule has 0 saturated carbocycles. The minimum atomic E-state index is -1.01. The monoisotopic (exact) mass is 553 g/mol. The summed E-state index contributed by atoms with van der Waals surface area (Å²) in [6, 6.07) is 17.0. The van der Waals surface area contributed by atoms with Crippen LogP contribution in [0.5, 0.6) is 0 Å². The van der Waals surface area contributed by atoms with Crippen molar-refractivity contribution in [3.63, 3.8) is 0 Å². The SMILES string of the molecule is CC(NC(=O)c1nn(-c2ccccc2Cl)c(-c2ccc(Cl)cc2)c1Cc1nn[nH]n1)c1ccc(F)c(F)c1. The molecular weight excluding hydrogens is 535 g/mol. The summed E-state index contributed by atoms with van der Waals surface area (Å²) in [5, 5.41) is 22.6. The third-order valence-corrected chi connectivity index (χ3v) is 6.48. The molecule has 0 radical (unpaired) electrons. The first kappa shape index (κ1) is 25.5. The highest BCUT2D eigenvalue weighted by atomic mass is 35.5. The molecule has 0 bridgehead atoms. The fourth-order valence-electron chi connectivity index (χ4n) is 4.05. The van der Waals surface area contributed by atoms with Gasteiger partial charge in [-0.2, -0.15) is 10.3 Å². The quantitative estimate of drug-likeness (QED) is 0.268. The molecule has 0 aliphatic heterocycles. The Bertz CT molecular complexity index is 1600. The van der Waals surface area contributed by atoms with Crippen LogP contribution in [-0.4, -0.2) is 36.3 Å². The number of hydrogen-bond donors (Lipinski definition) is 2. The fourth-order valence-corrected chi connectivity index (χ4v) is 4.39. The van der Waals surface area contributed by atoms with Gasteiger partial charge >= 0.3 is 0 Å². The van der Waals surface area contributed by atoms with Gasteiger partial charge in [0, 0.05) is 22.6 Å². The highest BCUT2D eigenvalue weighted by Gasteiger charge is 2.28. The molecule has 0 aliphatic carbocycles. The number of tetrazole rings is 1. The van der Waals surface area contributed by atoms with Crippen molar-refractivity contribution in [2.45, 2.75) is 19.4 Å². The van der Waals surface area contributed by atoms with Crippen LogP contribution in [0.25, 0.3) is 16.9 Å². The van der Waals surface area contributed by atoms with Gasteiger partial charge in [0.15, 0.2) is 23.2 Å². The van der Waals surface area contributed by atoms with Crippen LogP contribution in [0, 0.1) is 11.6 Å². The minimum absolute atomic E-state index is 0.0779. The average molecular weight is 554 g/mol. The van der Waals surface area contributed by atoms with E-state index in [1.165, 1.54) is 6.07 Å². The van der Waals surface area contributed by atoms with Crippen LogP contribution in [0.4, 0.5) is 8.78 Å². The van der Waals surface area contributed by atoms with E-state index in [-0.39, 0.29) is 12.1 Å². The van der Waals surface area contributed by atoms with Gasteiger partial charge in [-0.3, -0.25) is 4.79 Å². The van der Waals surface area contributed by atoms with Gasteiger partial charge in [0.2, 0.25) is 0 Å². The molecule has 38 heavy (non-hydrogen) atoms. The Balaban J connectivity index is 1.65. The third kappa shape index (κ3) is 5.13. The summed E-state index contributed by atoms with van der Waals surface area (Å²) >= 11 is 12.7. The van der Waals surface area contributed by atoms with E-state index in [0.29, 0.717) is 43.9 Å². The van der Waals surface area contributed by atoms with E-state index in [1.54, 1.807) is 60.1 Å². The molecule has 2 N–H and O–H groups in total. The van der Waals surface area contributed by atoms with Crippen LogP contribution in [0.15, 0.2) is 66.7 Å². The Labute approximate surface area is 225 Å². The molecule has 8 nitrogen and oxygen atoms in total. The Morgan fingerprint density at radius 3 is 2.50 bits per heavy atom. The molecule has 1 unspecified atom stereocenters. The lowest BCUT2D eigenvalue weighted by molar-refractivity contribution is 0.0933. The molecular formula is C26H19Cl2F2N7O. The molecule has 3 aromatic carbocycles. The van der Waals surface area contributed by atoms with Crippen LogP contribution in [0.3, 0.4) is 0 Å². The molecule has 0 fully saturated rings.